The van der Waals surface area contributed by atoms with E-state index in [4.69, 9.17) is 10.5 Å². The first-order valence-corrected chi connectivity index (χ1v) is 6.36. The molecule has 0 aromatic heterocycles. The van der Waals surface area contributed by atoms with Crippen LogP contribution in [0.25, 0.3) is 0 Å². The van der Waals surface area contributed by atoms with Gasteiger partial charge in [0.05, 0.1) is 0 Å². The lowest BCUT2D eigenvalue weighted by Crippen LogP contribution is -2.53. The Morgan fingerprint density at radius 2 is 2.16 bits per heavy atom. The number of aldehydes is 1. The van der Waals surface area contributed by atoms with Gasteiger partial charge in [0.1, 0.15) is 18.4 Å². The average Bonchev–Trinajstić information content (AvgIpc) is 2.90. The number of hydrogen-bond donors (Lipinski definition) is 1. The van der Waals surface area contributed by atoms with Gasteiger partial charge in [-0.05, 0) is 18.4 Å². The Bertz CT molecular complexity index is 449. The van der Waals surface area contributed by atoms with E-state index in [-0.39, 0.29) is 13.2 Å². The summed E-state index contributed by atoms with van der Waals surface area (Å²) < 4.78 is 5.24. The second-order valence-corrected chi connectivity index (χ2v) is 4.72. The van der Waals surface area contributed by atoms with Crippen molar-refractivity contribution in [3.63, 3.8) is 0 Å². The standard InChI is InChI=1S/C14H18N2O3/c15-10-14(11-17)7-4-8-16(14)13(18)19-9-12-5-2-1-3-6-12/h1-3,5-6,11H,4,7-10,15H2. The third-order valence-corrected chi connectivity index (χ3v) is 3.53. The summed E-state index contributed by atoms with van der Waals surface area (Å²) in [5.74, 6) is 0. The van der Waals surface area contributed by atoms with Gasteiger partial charge in [-0.25, -0.2) is 4.79 Å². The highest BCUT2D eigenvalue weighted by Crippen LogP contribution is 2.27. The molecule has 1 fully saturated rings. The summed E-state index contributed by atoms with van der Waals surface area (Å²) in [5, 5.41) is 0. The molecule has 1 aliphatic heterocycles. The largest absolute Gasteiger partial charge is 0.445 e. The molecule has 0 saturated carbocycles. The van der Waals surface area contributed by atoms with Gasteiger partial charge in [-0.2, -0.15) is 0 Å². The smallest absolute Gasteiger partial charge is 0.410 e. The lowest BCUT2D eigenvalue weighted by atomic mass is 9.99. The third-order valence-electron chi connectivity index (χ3n) is 3.53. The van der Waals surface area contributed by atoms with Crippen molar-refractivity contribution >= 4 is 12.4 Å². The molecule has 0 bridgehead atoms. The SMILES string of the molecule is NCC1(C=O)CCCN1C(=O)OCc1ccccc1. The van der Waals surface area contributed by atoms with E-state index in [1.54, 1.807) is 0 Å². The average molecular weight is 262 g/mol. The monoisotopic (exact) mass is 262 g/mol. The van der Waals surface area contributed by atoms with Crippen molar-refractivity contribution in [2.24, 2.45) is 5.73 Å². The molecular weight excluding hydrogens is 244 g/mol. The fourth-order valence-corrected chi connectivity index (χ4v) is 2.35. The fraction of sp³-hybridized carbons (Fsp3) is 0.429. The number of nitrogens with two attached hydrogens (primary N) is 1. The fourth-order valence-electron chi connectivity index (χ4n) is 2.35. The zero-order valence-electron chi connectivity index (χ0n) is 10.7. The Balaban J connectivity index is 1.98. The predicted octanol–water partition coefficient (Wildman–Crippen LogP) is 1.32. The zero-order chi connectivity index (χ0) is 13.7. The van der Waals surface area contributed by atoms with Crippen molar-refractivity contribution in [1.82, 2.24) is 4.90 Å². The van der Waals surface area contributed by atoms with Gasteiger partial charge in [-0.15, -0.1) is 0 Å². The molecule has 5 heteroatoms. The number of hydrogen-bond acceptors (Lipinski definition) is 4. The van der Waals surface area contributed by atoms with Gasteiger partial charge < -0.3 is 15.3 Å². The van der Waals surface area contributed by atoms with Crippen LogP contribution in [0.15, 0.2) is 30.3 Å². The maximum Gasteiger partial charge on any atom is 0.410 e. The third kappa shape index (κ3) is 2.76. The van der Waals surface area contributed by atoms with Crippen LogP contribution in [-0.4, -0.2) is 35.9 Å². The van der Waals surface area contributed by atoms with Crippen LogP contribution < -0.4 is 5.73 Å². The molecule has 2 rings (SSSR count). The van der Waals surface area contributed by atoms with E-state index in [9.17, 15) is 9.59 Å². The summed E-state index contributed by atoms with van der Waals surface area (Å²) in [5.41, 5.74) is 5.67. The summed E-state index contributed by atoms with van der Waals surface area (Å²) in [6.07, 6.45) is 1.67. The molecule has 19 heavy (non-hydrogen) atoms. The summed E-state index contributed by atoms with van der Waals surface area (Å²) in [6.45, 7) is 0.857. The van der Waals surface area contributed by atoms with Gasteiger partial charge in [0, 0.05) is 13.1 Å². The Morgan fingerprint density at radius 1 is 1.42 bits per heavy atom. The van der Waals surface area contributed by atoms with Gasteiger partial charge in [-0.3, -0.25) is 4.90 Å². The molecule has 1 atom stereocenters. The first-order valence-electron chi connectivity index (χ1n) is 6.36. The maximum atomic E-state index is 12.0. The molecule has 1 heterocycles. The lowest BCUT2D eigenvalue weighted by Gasteiger charge is -2.31. The van der Waals surface area contributed by atoms with Crippen molar-refractivity contribution in [3.05, 3.63) is 35.9 Å². The van der Waals surface area contributed by atoms with Crippen molar-refractivity contribution in [2.75, 3.05) is 13.1 Å². The molecule has 0 radical (unpaired) electrons. The van der Waals surface area contributed by atoms with Crippen LogP contribution in [0.1, 0.15) is 18.4 Å². The van der Waals surface area contributed by atoms with Crippen LogP contribution in [0, 0.1) is 0 Å². The van der Waals surface area contributed by atoms with Gasteiger partial charge in [0.25, 0.3) is 0 Å². The van der Waals surface area contributed by atoms with E-state index in [2.05, 4.69) is 0 Å². The molecule has 0 spiro atoms. The minimum Gasteiger partial charge on any atom is -0.445 e. The molecule has 102 valence electrons. The summed E-state index contributed by atoms with van der Waals surface area (Å²) in [6, 6.07) is 9.43. The summed E-state index contributed by atoms with van der Waals surface area (Å²) in [4.78, 5) is 24.7. The van der Waals surface area contributed by atoms with Crippen LogP contribution >= 0.6 is 0 Å². The van der Waals surface area contributed by atoms with E-state index < -0.39 is 11.6 Å². The van der Waals surface area contributed by atoms with Crippen LogP contribution in [-0.2, 0) is 16.1 Å². The minimum atomic E-state index is -0.881. The van der Waals surface area contributed by atoms with E-state index in [1.165, 1.54) is 4.90 Å². The molecule has 1 unspecified atom stereocenters. The van der Waals surface area contributed by atoms with E-state index in [0.29, 0.717) is 13.0 Å². The highest BCUT2D eigenvalue weighted by Gasteiger charge is 2.43. The Hall–Kier alpha value is -1.88. The Labute approximate surface area is 112 Å². The Kier molecular flexibility index (Phi) is 4.16. The predicted molar refractivity (Wildman–Crippen MR) is 70.4 cm³/mol. The van der Waals surface area contributed by atoms with Gasteiger partial charge in [0.15, 0.2) is 0 Å². The van der Waals surface area contributed by atoms with E-state index in [0.717, 1.165) is 18.3 Å². The number of carbonyl (C=O) groups excluding carboxylic acids is 2. The number of carbonyl (C=O) groups is 2. The van der Waals surface area contributed by atoms with Gasteiger partial charge >= 0.3 is 6.09 Å². The van der Waals surface area contributed by atoms with Crippen molar-refractivity contribution in [3.8, 4) is 0 Å². The molecule has 1 aromatic rings. The quantitative estimate of drug-likeness (QED) is 0.830. The van der Waals surface area contributed by atoms with Crippen LogP contribution in [0.2, 0.25) is 0 Å². The first-order chi connectivity index (χ1) is 9.22. The lowest BCUT2D eigenvalue weighted by molar-refractivity contribution is -0.116. The summed E-state index contributed by atoms with van der Waals surface area (Å²) in [7, 11) is 0. The minimum absolute atomic E-state index is 0.136. The number of rotatable bonds is 4. The van der Waals surface area contributed by atoms with Crippen LogP contribution in [0.5, 0.6) is 0 Å². The van der Waals surface area contributed by atoms with E-state index in [1.807, 2.05) is 30.3 Å². The van der Waals surface area contributed by atoms with Crippen LogP contribution in [0.4, 0.5) is 4.79 Å². The topological polar surface area (TPSA) is 72.6 Å². The molecule has 1 amide bonds. The number of amides is 1. The molecule has 5 nitrogen and oxygen atoms in total. The molecule has 1 aliphatic rings. The molecular formula is C14H18N2O3. The van der Waals surface area contributed by atoms with Crippen molar-refractivity contribution in [2.45, 2.75) is 25.0 Å². The number of ether oxygens (including phenoxy) is 1. The highest BCUT2D eigenvalue weighted by molar-refractivity contribution is 5.77. The molecule has 0 aliphatic carbocycles. The number of nitrogens with zero attached hydrogens (tertiary/aromatic N) is 1. The second kappa shape index (κ2) is 5.84. The second-order valence-electron chi connectivity index (χ2n) is 4.72. The molecule has 1 aromatic carbocycles. The van der Waals surface area contributed by atoms with E-state index >= 15 is 0 Å². The number of benzene rings is 1. The van der Waals surface area contributed by atoms with Crippen molar-refractivity contribution < 1.29 is 14.3 Å². The normalized spacial score (nSPS) is 22.3. The molecule has 1 saturated heterocycles. The first kappa shape index (κ1) is 13.5. The van der Waals surface area contributed by atoms with Gasteiger partial charge in [0.2, 0.25) is 0 Å². The number of likely N-dealkylation sites (tertiary alicyclic amines) is 1. The van der Waals surface area contributed by atoms with Crippen molar-refractivity contribution in [1.29, 1.82) is 0 Å². The molecule has 2 N–H and O–H groups in total. The summed E-state index contributed by atoms with van der Waals surface area (Å²) >= 11 is 0. The maximum absolute atomic E-state index is 12.0. The zero-order valence-corrected chi connectivity index (χ0v) is 10.7. The highest BCUT2D eigenvalue weighted by atomic mass is 16.6. The Morgan fingerprint density at radius 3 is 2.79 bits per heavy atom. The van der Waals surface area contributed by atoms with Gasteiger partial charge in [-0.1, -0.05) is 30.3 Å². The van der Waals surface area contributed by atoms with Crippen LogP contribution in [0.3, 0.4) is 0 Å².